The molecule has 112 valence electrons. The van der Waals surface area contributed by atoms with Crippen molar-refractivity contribution in [2.24, 2.45) is 0 Å². The third kappa shape index (κ3) is 5.67. The van der Waals surface area contributed by atoms with Gasteiger partial charge in [0, 0.05) is 22.7 Å². The topological polar surface area (TPSA) is 69.6 Å². The van der Waals surface area contributed by atoms with E-state index in [9.17, 15) is 9.90 Å². The molecule has 0 saturated heterocycles. The number of aliphatic hydroxyl groups is 2. The SMILES string of the molecule is CCC(CCO)NC(=O)CC(O)c1cc(Cl)cc(Cl)c1. The van der Waals surface area contributed by atoms with E-state index in [-0.39, 0.29) is 25.0 Å². The molecule has 0 heterocycles. The van der Waals surface area contributed by atoms with E-state index in [2.05, 4.69) is 5.32 Å². The van der Waals surface area contributed by atoms with Crippen LogP contribution in [0, 0.1) is 0 Å². The van der Waals surface area contributed by atoms with Crippen LogP contribution in [0.1, 0.15) is 37.9 Å². The van der Waals surface area contributed by atoms with Crippen molar-refractivity contribution in [1.82, 2.24) is 5.32 Å². The molecule has 4 nitrogen and oxygen atoms in total. The van der Waals surface area contributed by atoms with Gasteiger partial charge in [-0.25, -0.2) is 0 Å². The standard InChI is InChI=1S/C14H19Cl2NO3/c1-2-12(3-4-18)17-14(20)8-13(19)9-5-10(15)7-11(16)6-9/h5-7,12-13,18-19H,2-4,8H2,1H3,(H,17,20). The Bertz CT molecular complexity index is 434. The molecule has 20 heavy (non-hydrogen) atoms. The average molecular weight is 320 g/mol. The summed E-state index contributed by atoms with van der Waals surface area (Å²) in [5.41, 5.74) is 0.507. The van der Waals surface area contributed by atoms with Crippen molar-refractivity contribution in [3.05, 3.63) is 33.8 Å². The Labute approximate surface area is 128 Å². The second-order valence-corrected chi connectivity index (χ2v) is 5.48. The van der Waals surface area contributed by atoms with E-state index < -0.39 is 6.10 Å². The van der Waals surface area contributed by atoms with Crippen LogP contribution in [0.15, 0.2) is 18.2 Å². The van der Waals surface area contributed by atoms with Crippen LogP contribution < -0.4 is 5.32 Å². The van der Waals surface area contributed by atoms with Gasteiger partial charge >= 0.3 is 0 Å². The predicted molar refractivity (Wildman–Crippen MR) is 80.0 cm³/mol. The van der Waals surface area contributed by atoms with E-state index in [0.717, 1.165) is 6.42 Å². The number of carbonyl (C=O) groups is 1. The van der Waals surface area contributed by atoms with E-state index in [1.807, 2.05) is 6.92 Å². The van der Waals surface area contributed by atoms with Crippen LogP contribution in [-0.4, -0.2) is 28.8 Å². The summed E-state index contributed by atoms with van der Waals surface area (Å²) in [6.07, 6.45) is 0.198. The highest BCUT2D eigenvalue weighted by Gasteiger charge is 2.16. The first-order chi connectivity index (χ1) is 9.46. The average Bonchev–Trinajstić information content (AvgIpc) is 2.36. The van der Waals surface area contributed by atoms with E-state index in [4.69, 9.17) is 28.3 Å². The lowest BCUT2D eigenvalue weighted by molar-refractivity contribution is -0.123. The Kier molecular flexibility index (Phi) is 7.30. The lowest BCUT2D eigenvalue weighted by atomic mass is 10.1. The van der Waals surface area contributed by atoms with Crippen LogP contribution in [0.25, 0.3) is 0 Å². The number of hydrogen-bond donors (Lipinski definition) is 3. The molecule has 6 heteroatoms. The number of benzene rings is 1. The summed E-state index contributed by atoms with van der Waals surface area (Å²) < 4.78 is 0. The van der Waals surface area contributed by atoms with E-state index in [0.29, 0.717) is 22.0 Å². The zero-order chi connectivity index (χ0) is 15.1. The van der Waals surface area contributed by atoms with Gasteiger partial charge in [-0.15, -0.1) is 0 Å². The summed E-state index contributed by atoms with van der Waals surface area (Å²) in [6, 6.07) is 4.64. The van der Waals surface area contributed by atoms with Crippen molar-refractivity contribution in [2.45, 2.75) is 38.3 Å². The molecule has 1 aromatic carbocycles. The van der Waals surface area contributed by atoms with Gasteiger partial charge in [-0.1, -0.05) is 30.1 Å². The molecule has 0 aromatic heterocycles. The fraction of sp³-hybridized carbons (Fsp3) is 0.500. The lowest BCUT2D eigenvalue weighted by Gasteiger charge is -2.17. The molecule has 1 rings (SSSR count). The molecule has 2 unspecified atom stereocenters. The van der Waals surface area contributed by atoms with Crippen molar-refractivity contribution in [1.29, 1.82) is 0 Å². The molecule has 3 N–H and O–H groups in total. The summed E-state index contributed by atoms with van der Waals surface area (Å²) in [5, 5.41) is 22.5. The Hall–Kier alpha value is -0.810. The number of amides is 1. The second-order valence-electron chi connectivity index (χ2n) is 4.61. The number of halogens is 2. The third-order valence-corrected chi connectivity index (χ3v) is 3.42. The van der Waals surface area contributed by atoms with Crippen LogP contribution in [0.5, 0.6) is 0 Å². The zero-order valence-corrected chi connectivity index (χ0v) is 12.8. The number of hydrogen-bond acceptors (Lipinski definition) is 3. The van der Waals surface area contributed by atoms with Gasteiger partial charge in [-0.3, -0.25) is 4.79 Å². The minimum atomic E-state index is -0.960. The predicted octanol–water partition coefficient (Wildman–Crippen LogP) is 2.69. The first-order valence-corrected chi connectivity index (χ1v) is 7.26. The molecule has 0 aliphatic heterocycles. The molecule has 0 aliphatic carbocycles. The molecule has 0 fully saturated rings. The van der Waals surface area contributed by atoms with Gasteiger partial charge in [0.15, 0.2) is 0 Å². The number of carbonyl (C=O) groups excluding carboxylic acids is 1. The Morgan fingerprint density at radius 2 is 1.90 bits per heavy atom. The normalized spacial score (nSPS) is 13.8. The fourth-order valence-electron chi connectivity index (χ4n) is 1.88. The Balaban J connectivity index is 2.60. The molecular weight excluding hydrogens is 301 g/mol. The molecular formula is C14H19Cl2NO3. The molecule has 0 spiro atoms. The fourth-order valence-corrected chi connectivity index (χ4v) is 2.42. The minimum Gasteiger partial charge on any atom is -0.396 e. The maximum atomic E-state index is 11.8. The summed E-state index contributed by atoms with van der Waals surface area (Å²) in [4.78, 5) is 11.8. The molecule has 1 aromatic rings. The Morgan fingerprint density at radius 3 is 2.40 bits per heavy atom. The monoisotopic (exact) mass is 319 g/mol. The zero-order valence-electron chi connectivity index (χ0n) is 11.3. The van der Waals surface area contributed by atoms with Gasteiger partial charge in [0.05, 0.1) is 12.5 Å². The van der Waals surface area contributed by atoms with Crippen molar-refractivity contribution in [3.63, 3.8) is 0 Å². The van der Waals surface area contributed by atoms with Crippen LogP contribution in [0.4, 0.5) is 0 Å². The van der Waals surface area contributed by atoms with Crippen molar-refractivity contribution in [3.8, 4) is 0 Å². The quantitative estimate of drug-likeness (QED) is 0.723. The smallest absolute Gasteiger partial charge is 0.223 e. The second kappa shape index (κ2) is 8.47. The lowest BCUT2D eigenvalue weighted by Crippen LogP contribution is -2.35. The Morgan fingerprint density at radius 1 is 1.30 bits per heavy atom. The first kappa shape index (κ1) is 17.2. The van der Waals surface area contributed by atoms with Crippen molar-refractivity contribution in [2.75, 3.05) is 6.61 Å². The molecule has 1 amide bonds. The summed E-state index contributed by atoms with van der Waals surface area (Å²) in [5.74, 6) is -0.270. The number of rotatable bonds is 7. The van der Waals surface area contributed by atoms with Crippen LogP contribution in [0.2, 0.25) is 10.0 Å². The third-order valence-electron chi connectivity index (χ3n) is 2.98. The highest BCUT2D eigenvalue weighted by atomic mass is 35.5. The summed E-state index contributed by atoms with van der Waals surface area (Å²) in [6.45, 7) is 1.94. The molecule has 0 saturated carbocycles. The van der Waals surface area contributed by atoms with Crippen LogP contribution in [0.3, 0.4) is 0 Å². The molecule has 0 bridgehead atoms. The summed E-state index contributed by atoms with van der Waals surface area (Å²) >= 11 is 11.7. The van der Waals surface area contributed by atoms with Gasteiger partial charge in [-0.05, 0) is 36.6 Å². The van der Waals surface area contributed by atoms with Crippen molar-refractivity contribution < 1.29 is 15.0 Å². The van der Waals surface area contributed by atoms with Gasteiger partial charge in [0.2, 0.25) is 5.91 Å². The van der Waals surface area contributed by atoms with E-state index in [1.54, 1.807) is 18.2 Å². The van der Waals surface area contributed by atoms with Crippen LogP contribution >= 0.6 is 23.2 Å². The highest BCUT2D eigenvalue weighted by Crippen LogP contribution is 2.25. The van der Waals surface area contributed by atoms with Crippen LogP contribution in [-0.2, 0) is 4.79 Å². The van der Waals surface area contributed by atoms with Crippen molar-refractivity contribution >= 4 is 29.1 Å². The number of aliphatic hydroxyl groups excluding tert-OH is 2. The number of nitrogens with one attached hydrogen (secondary N) is 1. The van der Waals surface area contributed by atoms with E-state index in [1.165, 1.54) is 0 Å². The molecule has 0 radical (unpaired) electrons. The van der Waals surface area contributed by atoms with Gasteiger partial charge in [-0.2, -0.15) is 0 Å². The van der Waals surface area contributed by atoms with Gasteiger partial charge in [0.1, 0.15) is 0 Å². The maximum absolute atomic E-state index is 11.8. The maximum Gasteiger partial charge on any atom is 0.223 e. The van der Waals surface area contributed by atoms with Gasteiger partial charge in [0.25, 0.3) is 0 Å². The summed E-state index contributed by atoms with van der Waals surface area (Å²) in [7, 11) is 0. The van der Waals surface area contributed by atoms with E-state index >= 15 is 0 Å². The molecule has 2 atom stereocenters. The molecule has 0 aliphatic rings. The highest BCUT2D eigenvalue weighted by molar-refractivity contribution is 6.34. The minimum absolute atomic E-state index is 0.0191. The van der Waals surface area contributed by atoms with Gasteiger partial charge < -0.3 is 15.5 Å². The largest absolute Gasteiger partial charge is 0.396 e. The first-order valence-electron chi connectivity index (χ1n) is 6.50.